The normalized spacial score (nSPS) is 8.07. The van der Waals surface area contributed by atoms with Gasteiger partial charge in [-0.1, -0.05) is 74.4 Å². The second-order valence-electron chi connectivity index (χ2n) is 3.12. The lowest BCUT2D eigenvalue weighted by atomic mass is 10.2. The molecule has 0 heteroatoms. The third-order valence-corrected chi connectivity index (χ3v) is 1.83. The number of rotatable bonds is 3. The van der Waals surface area contributed by atoms with E-state index < -0.39 is 0 Å². The third-order valence-electron chi connectivity index (χ3n) is 1.83. The molecule has 78 valence electrons. The van der Waals surface area contributed by atoms with E-state index in [4.69, 9.17) is 0 Å². The Bertz CT molecular complexity index is 342. The van der Waals surface area contributed by atoms with E-state index >= 15 is 0 Å². The summed E-state index contributed by atoms with van der Waals surface area (Å²) in [6, 6.07) is 10.0. The Kier molecular flexibility index (Phi) is 6.65. The lowest BCUT2D eigenvalue weighted by Gasteiger charge is -1.90. The molecule has 0 aliphatic rings. The van der Waals surface area contributed by atoms with E-state index in [1.807, 2.05) is 43.3 Å². The number of hydrogen-bond donors (Lipinski definition) is 0. The predicted octanol–water partition coefficient (Wildman–Crippen LogP) is 4.63. The lowest BCUT2D eigenvalue weighted by Crippen LogP contribution is -1.70. The van der Waals surface area contributed by atoms with Crippen molar-refractivity contribution < 1.29 is 0 Å². The molecule has 0 heterocycles. The van der Waals surface area contributed by atoms with Gasteiger partial charge in [-0.25, -0.2) is 0 Å². The fourth-order valence-corrected chi connectivity index (χ4v) is 0.763. The van der Waals surface area contributed by atoms with Gasteiger partial charge in [-0.15, -0.1) is 0 Å². The summed E-state index contributed by atoms with van der Waals surface area (Å²) < 4.78 is 0. The fourth-order valence-electron chi connectivity index (χ4n) is 0.763. The molecule has 0 saturated heterocycles. The molecule has 0 aliphatic carbocycles. The number of hydrogen-bond acceptors (Lipinski definition) is 0. The third kappa shape index (κ3) is 6.28. The minimum atomic E-state index is 0.917. The zero-order valence-corrected chi connectivity index (χ0v) is 9.37. The minimum absolute atomic E-state index is 0.917. The van der Waals surface area contributed by atoms with Crippen molar-refractivity contribution in [1.82, 2.24) is 0 Å². The Balaban J connectivity index is 0.000000265. The van der Waals surface area contributed by atoms with Crippen molar-refractivity contribution in [1.29, 1.82) is 0 Å². The molecule has 15 heavy (non-hydrogen) atoms. The van der Waals surface area contributed by atoms with Gasteiger partial charge in [0.15, 0.2) is 0 Å². The highest BCUT2D eigenvalue weighted by Crippen LogP contribution is 2.01. The van der Waals surface area contributed by atoms with Gasteiger partial charge in [0, 0.05) is 0 Å². The molecule has 1 aromatic carbocycles. The van der Waals surface area contributed by atoms with Gasteiger partial charge in [0.2, 0.25) is 0 Å². The first-order valence-electron chi connectivity index (χ1n) is 4.76. The van der Waals surface area contributed by atoms with Gasteiger partial charge in [0.05, 0.1) is 0 Å². The van der Waals surface area contributed by atoms with Crippen LogP contribution in [-0.4, -0.2) is 0 Å². The summed E-state index contributed by atoms with van der Waals surface area (Å²) in [5.74, 6) is 0. The van der Waals surface area contributed by atoms with Crippen LogP contribution < -0.4 is 0 Å². The molecule has 0 unspecified atom stereocenters. The molecule has 0 spiro atoms. The first kappa shape index (κ1) is 13.2. The molecule has 0 aliphatic heterocycles. The van der Waals surface area contributed by atoms with E-state index in [2.05, 4.69) is 26.3 Å². The topological polar surface area (TPSA) is 0 Å². The van der Waals surface area contributed by atoms with Crippen LogP contribution in [0.1, 0.15) is 12.5 Å². The molecule has 0 N–H and O–H groups in total. The SMILES string of the molecule is C=CC(=C)C(=C)C.C=Cc1ccccc1. The van der Waals surface area contributed by atoms with Crippen LogP contribution in [-0.2, 0) is 0 Å². The Morgan fingerprint density at radius 3 is 1.80 bits per heavy atom. The Labute approximate surface area is 93.0 Å². The summed E-state index contributed by atoms with van der Waals surface area (Å²) >= 11 is 0. The van der Waals surface area contributed by atoms with Crippen LogP contribution in [0.15, 0.2) is 73.9 Å². The second-order valence-corrected chi connectivity index (χ2v) is 3.12. The summed E-state index contributed by atoms with van der Waals surface area (Å²) in [7, 11) is 0. The number of benzene rings is 1. The predicted molar refractivity (Wildman–Crippen MR) is 70.7 cm³/mol. The molecule has 0 atom stereocenters. The van der Waals surface area contributed by atoms with Crippen LogP contribution >= 0.6 is 0 Å². The molecule has 1 aromatic rings. The van der Waals surface area contributed by atoms with E-state index in [1.165, 1.54) is 5.56 Å². The van der Waals surface area contributed by atoms with Gasteiger partial charge in [-0.2, -0.15) is 0 Å². The lowest BCUT2D eigenvalue weighted by molar-refractivity contribution is 1.48. The van der Waals surface area contributed by atoms with Crippen molar-refractivity contribution in [2.45, 2.75) is 6.92 Å². The van der Waals surface area contributed by atoms with Crippen molar-refractivity contribution in [3.63, 3.8) is 0 Å². The van der Waals surface area contributed by atoms with Crippen molar-refractivity contribution in [3.05, 3.63) is 79.4 Å². The van der Waals surface area contributed by atoms with E-state index in [-0.39, 0.29) is 0 Å². The summed E-state index contributed by atoms with van der Waals surface area (Å²) in [4.78, 5) is 0. The Morgan fingerprint density at radius 1 is 1.07 bits per heavy atom. The standard InChI is InChI=1S/C8H8.C7H10/c1-2-8-6-4-3-5-7-8;1-5-7(4)6(2)3/h2-7H,1H2;5H,1-2,4H2,3H3. The maximum absolute atomic E-state index is 3.66. The highest BCUT2D eigenvalue weighted by Gasteiger charge is 1.81. The second kappa shape index (κ2) is 7.57. The molecule has 1 rings (SSSR count). The summed E-state index contributed by atoms with van der Waals surface area (Å²) in [5.41, 5.74) is 3.07. The zero-order chi connectivity index (χ0) is 11.7. The summed E-state index contributed by atoms with van der Waals surface area (Å²) in [6.45, 7) is 16.4. The molecular weight excluding hydrogens is 180 g/mol. The largest absolute Gasteiger partial charge is 0.0985 e. The van der Waals surface area contributed by atoms with Crippen molar-refractivity contribution in [2.75, 3.05) is 0 Å². The monoisotopic (exact) mass is 198 g/mol. The van der Waals surface area contributed by atoms with Crippen LogP contribution in [0, 0.1) is 0 Å². The van der Waals surface area contributed by atoms with E-state index in [0.29, 0.717) is 0 Å². The average molecular weight is 198 g/mol. The summed E-state index contributed by atoms with van der Waals surface area (Å²) in [5, 5.41) is 0. The molecule has 0 fully saturated rings. The zero-order valence-electron chi connectivity index (χ0n) is 9.37. The van der Waals surface area contributed by atoms with Gasteiger partial charge in [-0.05, 0) is 18.1 Å². The van der Waals surface area contributed by atoms with Crippen LogP contribution in [0.2, 0.25) is 0 Å². The van der Waals surface area contributed by atoms with E-state index in [0.717, 1.165) is 11.1 Å². The average Bonchev–Trinajstić information content (AvgIpc) is 2.29. The molecule has 0 nitrogen and oxygen atoms in total. The molecule has 0 saturated carbocycles. The Hall–Kier alpha value is -1.82. The molecule has 0 amide bonds. The maximum atomic E-state index is 3.66. The van der Waals surface area contributed by atoms with Crippen LogP contribution in [0.3, 0.4) is 0 Å². The quantitative estimate of drug-likeness (QED) is 0.621. The molecule has 0 aromatic heterocycles. The highest BCUT2D eigenvalue weighted by molar-refractivity contribution is 5.45. The Morgan fingerprint density at radius 2 is 1.60 bits per heavy atom. The highest BCUT2D eigenvalue weighted by atomic mass is 13.9. The van der Waals surface area contributed by atoms with Crippen molar-refractivity contribution in [2.24, 2.45) is 0 Å². The first-order valence-corrected chi connectivity index (χ1v) is 4.76. The van der Waals surface area contributed by atoms with Gasteiger partial charge >= 0.3 is 0 Å². The smallest absolute Gasteiger partial charge is 0.0263 e. The van der Waals surface area contributed by atoms with Gasteiger partial charge < -0.3 is 0 Å². The van der Waals surface area contributed by atoms with Crippen molar-refractivity contribution in [3.8, 4) is 0 Å². The van der Waals surface area contributed by atoms with Gasteiger partial charge in [-0.3, -0.25) is 0 Å². The molecular formula is C15H18. The maximum Gasteiger partial charge on any atom is -0.0263 e. The van der Waals surface area contributed by atoms with Crippen LogP contribution in [0.5, 0.6) is 0 Å². The first-order chi connectivity index (χ1) is 7.11. The van der Waals surface area contributed by atoms with Gasteiger partial charge in [0.25, 0.3) is 0 Å². The van der Waals surface area contributed by atoms with E-state index in [1.54, 1.807) is 6.08 Å². The van der Waals surface area contributed by atoms with Crippen LogP contribution in [0.25, 0.3) is 6.08 Å². The van der Waals surface area contributed by atoms with Gasteiger partial charge in [0.1, 0.15) is 0 Å². The van der Waals surface area contributed by atoms with E-state index in [9.17, 15) is 0 Å². The number of allylic oxidation sites excluding steroid dienone is 3. The minimum Gasteiger partial charge on any atom is -0.0985 e. The molecule has 0 radical (unpaired) electrons. The summed E-state index contributed by atoms with van der Waals surface area (Å²) in [6.07, 6.45) is 3.53. The molecule has 0 bridgehead atoms. The van der Waals surface area contributed by atoms with Crippen molar-refractivity contribution >= 4 is 6.08 Å². The van der Waals surface area contributed by atoms with Crippen LogP contribution in [0.4, 0.5) is 0 Å². The fraction of sp³-hybridized carbons (Fsp3) is 0.0667.